The summed E-state index contributed by atoms with van der Waals surface area (Å²) < 4.78 is 0. The molecule has 0 spiro atoms. The molecule has 2 rings (SSSR count). The van der Waals surface area contributed by atoms with Gasteiger partial charge in [-0.05, 0) is 31.0 Å². The first-order chi connectivity index (χ1) is 8.16. The maximum absolute atomic E-state index is 12.0. The van der Waals surface area contributed by atoms with Gasteiger partial charge in [0.25, 0.3) is 0 Å². The summed E-state index contributed by atoms with van der Waals surface area (Å²) in [6.07, 6.45) is 4.66. The summed E-state index contributed by atoms with van der Waals surface area (Å²) >= 11 is 5.87. The van der Waals surface area contributed by atoms with Crippen molar-refractivity contribution >= 4 is 23.3 Å². The number of urea groups is 1. The normalized spacial score (nSPS) is 15.9. The van der Waals surface area contributed by atoms with Crippen molar-refractivity contribution in [3.8, 4) is 0 Å². The van der Waals surface area contributed by atoms with Crippen molar-refractivity contribution in [2.24, 2.45) is 0 Å². The summed E-state index contributed by atoms with van der Waals surface area (Å²) in [7, 11) is 1.86. The number of rotatable bonds is 2. The molecule has 0 bridgehead atoms. The average Bonchev–Trinajstić information content (AvgIpc) is 2.81. The number of benzene rings is 1. The summed E-state index contributed by atoms with van der Waals surface area (Å²) in [6, 6.07) is 7.54. The Labute approximate surface area is 107 Å². The molecule has 17 heavy (non-hydrogen) atoms. The highest BCUT2D eigenvalue weighted by Gasteiger charge is 2.23. The van der Waals surface area contributed by atoms with Gasteiger partial charge >= 0.3 is 6.03 Å². The van der Waals surface area contributed by atoms with E-state index in [1.54, 1.807) is 17.0 Å². The molecule has 0 atom stereocenters. The lowest BCUT2D eigenvalue weighted by atomic mass is 10.2. The Bertz CT molecular complexity index is 402. The third-order valence-corrected chi connectivity index (χ3v) is 3.50. The lowest BCUT2D eigenvalue weighted by Crippen LogP contribution is -2.38. The van der Waals surface area contributed by atoms with Gasteiger partial charge < -0.3 is 10.2 Å². The van der Waals surface area contributed by atoms with Crippen LogP contribution in [0, 0.1) is 0 Å². The average molecular weight is 253 g/mol. The third kappa shape index (κ3) is 3.13. The quantitative estimate of drug-likeness (QED) is 0.854. The van der Waals surface area contributed by atoms with Crippen LogP contribution in [0.5, 0.6) is 0 Å². The number of carbonyl (C=O) groups excluding carboxylic acids is 1. The molecule has 0 aromatic heterocycles. The van der Waals surface area contributed by atoms with Crippen LogP contribution >= 0.6 is 11.6 Å². The van der Waals surface area contributed by atoms with E-state index in [1.807, 2.05) is 19.2 Å². The Balaban J connectivity index is 1.96. The Morgan fingerprint density at radius 2 is 2.12 bits per heavy atom. The summed E-state index contributed by atoms with van der Waals surface area (Å²) in [6.45, 7) is 0. The smallest absolute Gasteiger partial charge is 0.321 e. The van der Waals surface area contributed by atoms with Gasteiger partial charge in [0.05, 0.1) is 0 Å². The van der Waals surface area contributed by atoms with Gasteiger partial charge in [0.1, 0.15) is 0 Å². The van der Waals surface area contributed by atoms with Crippen LogP contribution in [0.1, 0.15) is 25.7 Å². The predicted molar refractivity (Wildman–Crippen MR) is 70.5 cm³/mol. The third-order valence-electron chi connectivity index (χ3n) is 3.27. The van der Waals surface area contributed by atoms with Crippen LogP contribution in [0.3, 0.4) is 0 Å². The van der Waals surface area contributed by atoms with Crippen LogP contribution in [0.15, 0.2) is 24.3 Å². The second-order valence-electron chi connectivity index (χ2n) is 4.49. The molecule has 1 aliphatic rings. The molecule has 0 unspecified atom stereocenters. The number of amides is 2. The first-order valence-electron chi connectivity index (χ1n) is 5.96. The molecule has 0 aliphatic heterocycles. The molecule has 3 nitrogen and oxygen atoms in total. The molecule has 1 saturated carbocycles. The van der Waals surface area contributed by atoms with E-state index in [0.29, 0.717) is 11.1 Å². The lowest BCUT2D eigenvalue weighted by Gasteiger charge is -2.24. The minimum atomic E-state index is -0.0563. The molecule has 4 heteroatoms. The van der Waals surface area contributed by atoms with E-state index in [1.165, 1.54) is 12.8 Å². The first-order valence-corrected chi connectivity index (χ1v) is 6.34. The van der Waals surface area contributed by atoms with E-state index in [2.05, 4.69) is 5.32 Å². The zero-order valence-corrected chi connectivity index (χ0v) is 10.7. The van der Waals surface area contributed by atoms with Gasteiger partial charge in [-0.1, -0.05) is 30.5 Å². The van der Waals surface area contributed by atoms with Crippen molar-refractivity contribution in [2.45, 2.75) is 31.7 Å². The fraction of sp³-hybridized carbons (Fsp3) is 0.462. The van der Waals surface area contributed by atoms with Gasteiger partial charge in [-0.2, -0.15) is 0 Å². The topological polar surface area (TPSA) is 32.3 Å². The van der Waals surface area contributed by atoms with Gasteiger partial charge in [-0.15, -0.1) is 0 Å². The molecular formula is C13H17ClN2O. The Morgan fingerprint density at radius 1 is 1.41 bits per heavy atom. The zero-order chi connectivity index (χ0) is 12.3. The summed E-state index contributed by atoms with van der Waals surface area (Å²) in [5.41, 5.74) is 0.743. The van der Waals surface area contributed by atoms with Gasteiger partial charge in [-0.3, -0.25) is 0 Å². The largest absolute Gasteiger partial charge is 0.325 e. The molecule has 1 aliphatic carbocycles. The predicted octanol–water partition coefficient (Wildman–Crippen LogP) is 3.75. The van der Waals surface area contributed by atoms with Crippen LogP contribution in [-0.2, 0) is 0 Å². The van der Waals surface area contributed by atoms with Crippen molar-refractivity contribution in [3.05, 3.63) is 29.3 Å². The number of nitrogens with one attached hydrogen (secondary N) is 1. The Kier molecular flexibility index (Phi) is 3.89. The molecule has 0 radical (unpaired) electrons. The Morgan fingerprint density at radius 3 is 2.76 bits per heavy atom. The monoisotopic (exact) mass is 252 g/mol. The molecule has 1 aromatic carbocycles. The second-order valence-corrected chi connectivity index (χ2v) is 4.93. The minimum Gasteiger partial charge on any atom is -0.325 e. The lowest BCUT2D eigenvalue weighted by molar-refractivity contribution is 0.205. The molecule has 1 aromatic rings. The molecular weight excluding hydrogens is 236 g/mol. The standard InChI is InChI=1S/C13H17ClN2O/c1-16(12-7-2-3-8-12)13(17)15-11-6-4-5-10(14)9-11/h4-6,9,12H,2-3,7-8H2,1H3,(H,15,17). The first kappa shape index (κ1) is 12.2. The van der Waals surface area contributed by atoms with Gasteiger partial charge in [-0.25, -0.2) is 4.79 Å². The van der Waals surface area contributed by atoms with Crippen LogP contribution in [0.25, 0.3) is 0 Å². The van der Waals surface area contributed by atoms with E-state index < -0.39 is 0 Å². The summed E-state index contributed by atoms with van der Waals surface area (Å²) in [5.74, 6) is 0. The van der Waals surface area contributed by atoms with Crippen molar-refractivity contribution in [1.29, 1.82) is 0 Å². The van der Waals surface area contributed by atoms with Gasteiger partial charge in [0.15, 0.2) is 0 Å². The van der Waals surface area contributed by atoms with Crippen LogP contribution in [-0.4, -0.2) is 24.0 Å². The van der Waals surface area contributed by atoms with E-state index in [4.69, 9.17) is 11.6 Å². The van der Waals surface area contributed by atoms with Crippen molar-refractivity contribution in [2.75, 3.05) is 12.4 Å². The van der Waals surface area contributed by atoms with Crippen LogP contribution in [0.4, 0.5) is 10.5 Å². The Hall–Kier alpha value is -1.22. The number of carbonyl (C=O) groups is 1. The SMILES string of the molecule is CN(C(=O)Nc1cccc(Cl)c1)C1CCCC1. The molecule has 92 valence electrons. The van der Waals surface area contributed by atoms with Crippen molar-refractivity contribution in [3.63, 3.8) is 0 Å². The minimum absolute atomic E-state index is 0.0563. The van der Waals surface area contributed by atoms with Gasteiger partial charge in [0, 0.05) is 23.8 Å². The van der Waals surface area contributed by atoms with Crippen molar-refractivity contribution < 1.29 is 4.79 Å². The molecule has 2 amide bonds. The number of nitrogens with zero attached hydrogens (tertiary/aromatic N) is 1. The second kappa shape index (κ2) is 5.41. The van der Waals surface area contributed by atoms with E-state index in [-0.39, 0.29) is 6.03 Å². The van der Waals surface area contributed by atoms with Gasteiger partial charge in [0.2, 0.25) is 0 Å². The highest BCUT2D eigenvalue weighted by molar-refractivity contribution is 6.30. The summed E-state index contributed by atoms with van der Waals surface area (Å²) in [4.78, 5) is 13.8. The highest BCUT2D eigenvalue weighted by Crippen LogP contribution is 2.23. The molecule has 1 N–H and O–H groups in total. The zero-order valence-electron chi connectivity index (χ0n) is 9.95. The number of halogens is 1. The number of hydrogen-bond acceptors (Lipinski definition) is 1. The highest BCUT2D eigenvalue weighted by atomic mass is 35.5. The van der Waals surface area contributed by atoms with Crippen molar-refractivity contribution in [1.82, 2.24) is 4.90 Å². The molecule has 0 heterocycles. The number of anilines is 1. The molecule has 1 fully saturated rings. The maximum Gasteiger partial charge on any atom is 0.321 e. The fourth-order valence-corrected chi connectivity index (χ4v) is 2.43. The van der Waals surface area contributed by atoms with E-state index >= 15 is 0 Å². The maximum atomic E-state index is 12.0. The van der Waals surface area contributed by atoms with Crippen LogP contribution < -0.4 is 5.32 Å². The van der Waals surface area contributed by atoms with E-state index in [0.717, 1.165) is 18.5 Å². The fourth-order valence-electron chi connectivity index (χ4n) is 2.24. The van der Waals surface area contributed by atoms with E-state index in [9.17, 15) is 4.79 Å². The summed E-state index contributed by atoms with van der Waals surface area (Å²) in [5, 5.41) is 3.49. The molecule has 0 saturated heterocycles. The van der Waals surface area contributed by atoms with Crippen LogP contribution in [0.2, 0.25) is 5.02 Å². The number of hydrogen-bond donors (Lipinski definition) is 1.